The Labute approximate surface area is 90.7 Å². The molecule has 0 saturated carbocycles. The highest BCUT2D eigenvalue weighted by Crippen LogP contribution is 2.25. The highest BCUT2D eigenvalue weighted by Gasteiger charge is 2.14. The van der Waals surface area contributed by atoms with Crippen molar-refractivity contribution in [2.24, 2.45) is 0 Å². The Morgan fingerprint density at radius 3 is 3.00 bits per heavy atom. The van der Waals surface area contributed by atoms with Crippen molar-refractivity contribution < 1.29 is 0 Å². The van der Waals surface area contributed by atoms with Gasteiger partial charge in [0.1, 0.15) is 5.82 Å². The van der Waals surface area contributed by atoms with Gasteiger partial charge in [-0.15, -0.1) is 0 Å². The summed E-state index contributed by atoms with van der Waals surface area (Å²) in [6.45, 7) is 0.774. The lowest BCUT2D eigenvalue weighted by molar-refractivity contribution is 0.434. The molecule has 0 fully saturated rings. The molecule has 74 valence electrons. The second kappa shape index (κ2) is 3.49. The second-order valence-corrected chi connectivity index (χ2v) is 3.68. The third-order valence-electron chi connectivity index (χ3n) is 2.17. The van der Waals surface area contributed by atoms with E-state index in [0.29, 0.717) is 11.5 Å². The summed E-state index contributed by atoms with van der Waals surface area (Å²) in [5.41, 5.74) is 14.9. The number of alkyl halides is 1. The van der Waals surface area contributed by atoms with Crippen LogP contribution in [0, 0.1) is 0 Å². The standard InChI is InChI=1S/C9H11BrN4/c10-5-14-2-1-8-6(4-14)7(11)3-9(12)13-8/h1-3H,4-5H2,(H4,11,12,13). The first-order valence-electron chi connectivity index (χ1n) is 4.24. The number of halogens is 1. The van der Waals surface area contributed by atoms with Crippen LogP contribution in [0.1, 0.15) is 11.3 Å². The van der Waals surface area contributed by atoms with Crippen LogP contribution < -0.4 is 11.5 Å². The molecular formula is C9H11BrN4. The van der Waals surface area contributed by atoms with Gasteiger partial charge in [0.05, 0.1) is 11.1 Å². The predicted octanol–water partition coefficient (Wildman–Crippen LogP) is 1.38. The molecule has 0 saturated heterocycles. The molecule has 5 heteroatoms. The van der Waals surface area contributed by atoms with Gasteiger partial charge in [0.25, 0.3) is 0 Å². The van der Waals surface area contributed by atoms with Crippen molar-refractivity contribution in [1.29, 1.82) is 0 Å². The molecular weight excluding hydrogens is 244 g/mol. The molecule has 4 N–H and O–H groups in total. The molecule has 1 aromatic heterocycles. The average Bonchev–Trinajstić information content (AvgIpc) is 2.17. The van der Waals surface area contributed by atoms with Crippen LogP contribution in [0.3, 0.4) is 0 Å². The van der Waals surface area contributed by atoms with Gasteiger partial charge in [0.15, 0.2) is 0 Å². The molecule has 0 radical (unpaired) electrons. The zero-order valence-corrected chi connectivity index (χ0v) is 9.16. The molecule has 1 aliphatic heterocycles. The molecule has 4 nitrogen and oxygen atoms in total. The lowest BCUT2D eigenvalue weighted by Crippen LogP contribution is -2.20. The number of nitrogen functional groups attached to an aromatic ring is 2. The number of hydrogen-bond donors (Lipinski definition) is 2. The minimum absolute atomic E-state index is 0.471. The first-order valence-corrected chi connectivity index (χ1v) is 5.36. The topological polar surface area (TPSA) is 68.2 Å². The summed E-state index contributed by atoms with van der Waals surface area (Å²) in [6, 6.07) is 1.70. The van der Waals surface area contributed by atoms with E-state index >= 15 is 0 Å². The zero-order chi connectivity index (χ0) is 10.1. The van der Waals surface area contributed by atoms with E-state index in [4.69, 9.17) is 11.5 Å². The molecule has 0 aromatic carbocycles. The maximum Gasteiger partial charge on any atom is 0.126 e. The van der Waals surface area contributed by atoms with Gasteiger partial charge in [-0.25, -0.2) is 4.98 Å². The van der Waals surface area contributed by atoms with E-state index in [1.807, 2.05) is 12.3 Å². The fraction of sp³-hybridized carbons (Fsp3) is 0.222. The molecule has 0 bridgehead atoms. The van der Waals surface area contributed by atoms with Crippen molar-refractivity contribution in [2.45, 2.75) is 6.54 Å². The summed E-state index contributed by atoms with van der Waals surface area (Å²) in [4.78, 5) is 6.31. The minimum atomic E-state index is 0.471. The number of hydrogen-bond acceptors (Lipinski definition) is 4. The monoisotopic (exact) mass is 254 g/mol. The third-order valence-corrected chi connectivity index (χ3v) is 2.81. The Balaban J connectivity index is 2.45. The van der Waals surface area contributed by atoms with E-state index in [9.17, 15) is 0 Å². The lowest BCUT2D eigenvalue weighted by Gasteiger charge is -2.23. The smallest absolute Gasteiger partial charge is 0.126 e. The van der Waals surface area contributed by atoms with Gasteiger partial charge in [-0.2, -0.15) is 0 Å². The first kappa shape index (κ1) is 9.33. The highest BCUT2D eigenvalue weighted by atomic mass is 79.9. The Kier molecular flexibility index (Phi) is 2.33. The number of fused-ring (bicyclic) bond motifs is 1. The summed E-state index contributed by atoms with van der Waals surface area (Å²) >= 11 is 3.39. The van der Waals surface area contributed by atoms with Crippen LogP contribution in [0.15, 0.2) is 12.3 Å². The summed E-state index contributed by atoms with van der Waals surface area (Å²) in [5.74, 6) is 0.471. The average molecular weight is 255 g/mol. The fourth-order valence-electron chi connectivity index (χ4n) is 1.46. The van der Waals surface area contributed by atoms with E-state index in [-0.39, 0.29) is 0 Å². The van der Waals surface area contributed by atoms with E-state index < -0.39 is 0 Å². The van der Waals surface area contributed by atoms with E-state index in [0.717, 1.165) is 23.3 Å². The van der Waals surface area contributed by atoms with Gasteiger partial charge in [-0.3, -0.25) is 0 Å². The molecule has 2 heterocycles. The van der Waals surface area contributed by atoms with Crippen LogP contribution in [0.25, 0.3) is 6.08 Å². The molecule has 0 atom stereocenters. The molecule has 0 unspecified atom stereocenters. The van der Waals surface area contributed by atoms with Gasteiger partial charge in [0, 0.05) is 30.1 Å². The molecule has 0 aliphatic carbocycles. The number of pyridine rings is 1. The predicted molar refractivity (Wildman–Crippen MR) is 61.4 cm³/mol. The number of nitrogens with zero attached hydrogens (tertiary/aromatic N) is 2. The maximum atomic E-state index is 5.86. The number of nitrogens with two attached hydrogens (primary N) is 2. The van der Waals surface area contributed by atoms with Crippen molar-refractivity contribution >= 4 is 33.5 Å². The van der Waals surface area contributed by atoms with Crippen LogP contribution in [-0.4, -0.2) is 15.3 Å². The Morgan fingerprint density at radius 2 is 2.29 bits per heavy atom. The highest BCUT2D eigenvalue weighted by molar-refractivity contribution is 9.09. The van der Waals surface area contributed by atoms with Gasteiger partial charge in [0.2, 0.25) is 0 Å². The molecule has 1 aromatic rings. The van der Waals surface area contributed by atoms with Crippen molar-refractivity contribution in [1.82, 2.24) is 9.88 Å². The van der Waals surface area contributed by atoms with E-state index in [2.05, 4.69) is 25.8 Å². The third kappa shape index (κ3) is 1.55. The van der Waals surface area contributed by atoms with Crippen LogP contribution in [-0.2, 0) is 6.54 Å². The summed E-state index contributed by atoms with van der Waals surface area (Å²) in [5, 5.41) is 0. The largest absolute Gasteiger partial charge is 0.398 e. The first-order chi connectivity index (χ1) is 6.70. The summed E-state index contributed by atoms with van der Waals surface area (Å²) in [6.07, 6.45) is 3.90. The molecule has 0 amide bonds. The summed E-state index contributed by atoms with van der Waals surface area (Å²) in [7, 11) is 0. The maximum absolute atomic E-state index is 5.86. The van der Waals surface area contributed by atoms with Gasteiger partial charge in [-0.1, -0.05) is 15.9 Å². The lowest BCUT2D eigenvalue weighted by atomic mass is 10.1. The zero-order valence-electron chi connectivity index (χ0n) is 7.57. The number of rotatable bonds is 1. The number of anilines is 2. The van der Waals surface area contributed by atoms with Crippen molar-refractivity contribution in [3.05, 3.63) is 23.5 Å². The van der Waals surface area contributed by atoms with Crippen molar-refractivity contribution in [2.75, 3.05) is 16.9 Å². The van der Waals surface area contributed by atoms with Gasteiger partial charge in [-0.05, 0) is 6.08 Å². The van der Waals surface area contributed by atoms with Crippen molar-refractivity contribution in [3.8, 4) is 0 Å². The second-order valence-electron chi connectivity index (χ2n) is 3.18. The van der Waals surface area contributed by atoms with Gasteiger partial charge < -0.3 is 16.4 Å². The van der Waals surface area contributed by atoms with Crippen LogP contribution in [0.5, 0.6) is 0 Å². The molecule has 14 heavy (non-hydrogen) atoms. The molecule has 0 spiro atoms. The van der Waals surface area contributed by atoms with Crippen LogP contribution in [0.4, 0.5) is 11.5 Å². The molecule has 1 aliphatic rings. The van der Waals surface area contributed by atoms with Crippen molar-refractivity contribution in [3.63, 3.8) is 0 Å². The Bertz CT molecular complexity index is 389. The van der Waals surface area contributed by atoms with Crippen LogP contribution in [0.2, 0.25) is 0 Å². The summed E-state index contributed by atoms with van der Waals surface area (Å²) < 4.78 is 0. The van der Waals surface area contributed by atoms with Gasteiger partial charge >= 0.3 is 0 Å². The fourth-order valence-corrected chi connectivity index (χ4v) is 1.80. The molecule has 2 rings (SSSR count). The number of aromatic nitrogens is 1. The van der Waals surface area contributed by atoms with E-state index in [1.54, 1.807) is 6.07 Å². The minimum Gasteiger partial charge on any atom is -0.398 e. The van der Waals surface area contributed by atoms with Crippen LogP contribution >= 0.6 is 15.9 Å². The Hall–Kier alpha value is -1.23. The Morgan fingerprint density at radius 1 is 1.50 bits per heavy atom. The quantitative estimate of drug-likeness (QED) is 0.587. The SMILES string of the molecule is Nc1cc(N)c2c(n1)C=CN(CBr)C2. The van der Waals surface area contributed by atoms with E-state index in [1.165, 1.54) is 0 Å². The normalized spacial score (nSPS) is 14.2.